The van der Waals surface area contributed by atoms with Crippen LogP contribution in [0.3, 0.4) is 0 Å². The van der Waals surface area contributed by atoms with Crippen LogP contribution in [0.4, 0.5) is 0 Å². The van der Waals surface area contributed by atoms with Crippen molar-refractivity contribution in [2.45, 2.75) is 12.2 Å². The maximum Gasteiger partial charge on any atom is 0.0866 e. The van der Waals surface area contributed by atoms with Crippen molar-refractivity contribution in [2.24, 2.45) is 0 Å². The second-order valence-corrected chi connectivity index (χ2v) is 4.76. The summed E-state index contributed by atoms with van der Waals surface area (Å²) >= 11 is 0. The van der Waals surface area contributed by atoms with Crippen molar-refractivity contribution in [1.29, 1.82) is 5.26 Å². The lowest BCUT2D eigenvalue weighted by Gasteiger charge is -2.27. The van der Waals surface area contributed by atoms with Crippen LogP contribution >= 0.6 is 0 Å². The Morgan fingerprint density at radius 3 is 3.09 bits per heavy atom. The van der Waals surface area contributed by atoms with E-state index in [1.165, 1.54) is 0 Å². The minimum Gasteiger partial charge on any atom is -0.288 e. The first-order valence-corrected chi connectivity index (χ1v) is 5.08. The average molecular weight is 172 g/mol. The highest BCUT2D eigenvalue weighted by molar-refractivity contribution is 7.85. The molecule has 1 aliphatic heterocycles. The second-order valence-electron chi connectivity index (χ2n) is 2.79. The summed E-state index contributed by atoms with van der Waals surface area (Å²) in [5.74, 6) is 0.725. The van der Waals surface area contributed by atoms with Gasteiger partial charge in [-0.2, -0.15) is 5.26 Å². The van der Waals surface area contributed by atoms with Crippen LogP contribution in [0.2, 0.25) is 0 Å². The van der Waals surface area contributed by atoms with Gasteiger partial charge in [0, 0.05) is 34.9 Å². The highest BCUT2D eigenvalue weighted by atomic mass is 32.2. The van der Waals surface area contributed by atoms with Crippen LogP contribution < -0.4 is 0 Å². The van der Waals surface area contributed by atoms with Gasteiger partial charge in [-0.1, -0.05) is 0 Å². The summed E-state index contributed by atoms with van der Waals surface area (Å²) in [7, 11) is -0.660. The van der Waals surface area contributed by atoms with Crippen molar-refractivity contribution in [2.75, 3.05) is 25.4 Å². The molecule has 0 amide bonds. The lowest BCUT2D eigenvalue weighted by Crippen LogP contribution is -2.42. The molecule has 0 aromatic carbocycles. The molecule has 2 atom stereocenters. The topological polar surface area (TPSA) is 44.1 Å². The third kappa shape index (κ3) is 2.28. The minimum atomic E-state index is -0.660. The summed E-state index contributed by atoms with van der Waals surface area (Å²) in [6.45, 7) is 4.06. The van der Waals surface area contributed by atoms with Crippen LogP contribution in [-0.2, 0) is 10.8 Å². The third-order valence-corrected chi connectivity index (χ3v) is 3.50. The van der Waals surface area contributed by atoms with E-state index in [0.29, 0.717) is 6.54 Å². The predicted molar refractivity (Wildman–Crippen MR) is 44.5 cm³/mol. The SMILES string of the molecule is CC1CN(CC#N)CCS1=O. The van der Waals surface area contributed by atoms with Crippen LogP contribution in [0.25, 0.3) is 0 Å². The molecular weight excluding hydrogens is 160 g/mol. The highest BCUT2D eigenvalue weighted by Gasteiger charge is 2.21. The highest BCUT2D eigenvalue weighted by Crippen LogP contribution is 2.06. The fraction of sp³-hybridized carbons (Fsp3) is 0.857. The predicted octanol–water partition coefficient (Wildman–Crippen LogP) is -0.0372. The maximum absolute atomic E-state index is 11.1. The molecule has 11 heavy (non-hydrogen) atoms. The Bertz CT molecular complexity index is 199. The summed E-state index contributed by atoms with van der Waals surface area (Å²) in [6, 6.07) is 2.10. The first-order valence-electron chi connectivity index (χ1n) is 3.70. The lowest BCUT2D eigenvalue weighted by molar-refractivity contribution is 0.316. The zero-order valence-electron chi connectivity index (χ0n) is 6.62. The Hall–Kier alpha value is -0.400. The molecule has 1 saturated heterocycles. The van der Waals surface area contributed by atoms with Gasteiger partial charge in [0.2, 0.25) is 0 Å². The summed E-state index contributed by atoms with van der Waals surface area (Å²) in [6.07, 6.45) is 0. The van der Waals surface area contributed by atoms with Gasteiger partial charge in [0.05, 0.1) is 12.6 Å². The molecule has 3 nitrogen and oxygen atoms in total. The molecule has 0 aliphatic carbocycles. The first-order chi connectivity index (χ1) is 5.24. The van der Waals surface area contributed by atoms with Gasteiger partial charge in [0.1, 0.15) is 0 Å². The molecule has 0 radical (unpaired) electrons. The summed E-state index contributed by atoms with van der Waals surface area (Å²) in [5, 5.41) is 8.64. The summed E-state index contributed by atoms with van der Waals surface area (Å²) in [4.78, 5) is 2.05. The number of nitriles is 1. The Labute approximate surface area is 69.4 Å². The standard InChI is InChI=1S/C7H12N2OS/c1-7-6-9(3-2-8)4-5-11(7)10/h7H,3-6H2,1H3. The minimum absolute atomic E-state index is 0.233. The van der Waals surface area contributed by atoms with E-state index in [4.69, 9.17) is 5.26 Å². The summed E-state index contributed by atoms with van der Waals surface area (Å²) in [5.41, 5.74) is 0. The van der Waals surface area contributed by atoms with Gasteiger partial charge in [-0.05, 0) is 6.92 Å². The normalized spacial score (nSPS) is 33.1. The van der Waals surface area contributed by atoms with Crippen LogP contribution in [-0.4, -0.2) is 39.7 Å². The quantitative estimate of drug-likeness (QED) is 0.521. The molecule has 62 valence electrons. The van der Waals surface area contributed by atoms with Gasteiger partial charge in [0.25, 0.3) is 0 Å². The van der Waals surface area contributed by atoms with Gasteiger partial charge < -0.3 is 0 Å². The second kappa shape index (κ2) is 3.84. The number of rotatable bonds is 1. The van der Waals surface area contributed by atoms with Crippen molar-refractivity contribution >= 4 is 10.8 Å². The molecule has 0 bridgehead atoms. The fourth-order valence-corrected chi connectivity index (χ4v) is 2.42. The van der Waals surface area contributed by atoms with Gasteiger partial charge >= 0.3 is 0 Å². The van der Waals surface area contributed by atoms with E-state index in [9.17, 15) is 4.21 Å². The molecule has 0 aromatic rings. The van der Waals surface area contributed by atoms with Crippen molar-refractivity contribution < 1.29 is 4.21 Å². The molecule has 1 heterocycles. The molecule has 0 spiro atoms. The maximum atomic E-state index is 11.1. The molecule has 1 fully saturated rings. The smallest absolute Gasteiger partial charge is 0.0866 e. The van der Waals surface area contributed by atoms with E-state index in [2.05, 4.69) is 6.07 Å². The Morgan fingerprint density at radius 1 is 1.82 bits per heavy atom. The van der Waals surface area contributed by atoms with E-state index in [-0.39, 0.29) is 5.25 Å². The zero-order chi connectivity index (χ0) is 8.27. The molecule has 2 unspecified atom stereocenters. The van der Waals surface area contributed by atoms with Gasteiger partial charge in [-0.3, -0.25) is 9.11 Å². The number of hydrogen-bond acceptors (Lipinski definition) is 3. The Balaban J connectivity index is 2.41. The van der Waals surface area contributed by atoms with Crippen LogP contribution in [0, 0.1) is 11.3 Å². The van der Waals surface area contributed by atoms with E-state index in [0.717, 1.165) is 18.8 Å². The lowest BCUT2D eigenvalue weighted by atomic mass is 10.4. The van der Waals surface area contributed by atoms with E-state index >= 15 is 0 Å². The van der Waals surface area contributed by atoms with Crippen molar-refractivity contribution in [1.82, 2.24) is 4.90 Å². The fourth-order valence-electron chi connectivity index (χ4n) is 1.20. The largest absolute Gasteiger partial charge is 0.288 e. The molecule has 1 aliphatic rings. The van der Waals surface area contributed by atoms with Crippen molar-refractivity contribution in [3.63, 3.8) is 0 Å². The van der Waals surface area contributed by atoms with Crippen molar-refractivity contribution in [3.8, 4) is 6.07 Å². The molecule has 0 N–H and O–H groups in total. The first kappa shape index (κ1) is 8.69. The molecule has 0 saturated carbocycles. The van der Waals surface area contributed by atoms with E-state index in [1.807, 2.05) is 11.8 Å². The Kier molecular flexibility index (Phi) is 3.03. The van der Waals surface area contributed by atoms with Crippen LogP contribution in [0.5, 0.6) is 0 Å². The monoisotopic (exact) mass is 172 g/mol. The third-order valence-electron chi connectivity index (χ3n) is 1.87. The number of nitrogens with zero attached hydrogens (tertiary/aromatic N) is 2. The van der Waals surface area contributed by atoms with Gasteiger partial charge in [0.15, 0.2) is 0 Å². The zero-order valence-corrected chi connectivity index (χ0v) is 7.43. The van der Waals surface area contributed by atoms with Crippen molar-refractivity contribution in [3.05, 3.63) is 0 Å². The van der Waals surface area contributed by atoms with Crippen LogP contribution in [0.1, 0.15) is 6.92 Å². The van der Waals surface area contributed by atoms with E-state index < -0.39 is 10.8 Å². The molecular formula is C7H12N2OS. The van der Waals surface area contributed by atoms with Gasteiger partial charge in [-0.15, -0.1) is 0 Å². The summed E-state index contributed by atoms with van der Waals surface area (Å²) < 4.78 is 11.1. The van der Waals surface area contributed by atoms with Crippen LogP contribution in [0.15, 0.2) is 0 Å². The molecule has 0 aromatic heterocycles. The van der Waals surface area contributed by atoms with E-state index in [1.54, 1.807) is 0 Å². The Morgan fingerprint density at radius 2 is 2.55 bits per heavy atom. The average Bonchev–Trinajstić information content (AvgIpc) is 1.98. The number of hydrogen-bond donors (Lipinski definition) is 0. The molecule has 4 heteroatoms. The molecule has 1 rings (SSSR count). The van der Waals surface area contributed by atoms with Gasteiger partial charge in [-0.25, -0.2) is 0 Å².